The fourth-order valence-electron chi connectivity index (χ4n) is 2.99. The molecule has 1 aliphatic rings. The Kier molecular flexibility index (Phi) is 5.28. The van der Waals surface area contributed by atoms with Crippen molar-refractivity contribution in [2.75, 3.05) is 0 Å². The van der Waals surface area contributed by atoms with Crippen LogP contribution in [0.15, 0.2) is 27.1 Å². The van der Waals surface area contributed by atoms with E-state index in [0.29, 0.717) is 5.92 Å². The maximum absolute atomic E-state index is 10.6. The van der Waals surface area contributed by atoms with Crippen LogP contribution in [0.25, 0.3) is 0 Å². The van der Waals surface area contributed by atoms with Crippen LogP contribution < -0.4 is 0 Å². The van der Waals surface area contributed by atoms with E-state index in [2.05, 4.69) is 38.8 Å². The molecule has 1 nitrogen and oxygen atoms in total. The highest BCUT2D eigenvalue weighted by molar-refractivity contribution is 9.11. The summed E-state index contributed by atoms with van der Waals surface area (Å²) in [7, 11) is 0. The molecule has 0 aliphatic heterocycles. The Morgan fingerprint density at radius 3 is 2.78 bits per heavy atom. The van der Waals surface area contributed by atoms with E-state index in [1.54, 1.807) is 0 Å². The molecule has 0 saturated heterocycles. The molecule has 1 saturated carbocycles. The van der Waals surface area contributed by atoms with E-state index in [-0.39, 0.29) is 6.10 Å². The van der Waals surface area contributed by atoms with Gasteiger partial charge in [0.05, 0.1) is 6.10 Å². The molecule has 1 aliphatic carbocycles. The third-order valence-corrected chi connectivity index (χ3v) is 5.31. The van der Waals surface area contributed by atoms with Crippen molar-refractivity contribution in [2.45, 2.75) is 45.1 Å². The molecule has 0 radical (unpaired) electrons. The first kappa shape index (κ1) is 14.5. The van der Waals surface area contributed by atoms with Gasteiger partial charge in [-0.1, -0.05) is 64.1 Å². The predicted octanol–water partition coefficient (Wildman–Crippen LogP) is 5.46. The van der Waals surface area contributed by atoms with E-state index in [4.69, 9.17) is 0 Å². The summed E-state index contributed by atoms with van der Waals surface area (Å²) in [5.41, 5.74) is 1.03. The van der Waals surface area contributed by atoms with Gasteiger partial charge in [0.1, 0.15) is 0 Å². The van der Waals surface area contributed by atoms with Gasteiger partial charge in [0.2, 0.25) is 0 Å². The second-order valence-corrected chi connectivity index (χ2v) is 7.08. The zero-order valence-corrected chi connectivity index (χ0v) is 13.9. The van der Waals surface area contributed by atoms with Crippen LogP contribution in [0.4, 0.5) is 0 Å². The molecule has 0 heterocycles. The Labute approximate surface area is 126 Å². The summed E-state index contributed by atoms with van der Waals surface area (Å²) in [6, 6.07) is 6.04. The highest BCUT2D eigenvalue weighted by atomic mass is 79.9. The van der Waals surface area contributed by atoms with Gasteiger partial charge in [-0.05, 0) is 42.4 Å². The lowest BCUT2D eigenvalue weighted by Gasteiger charge is -2.32. The minimum Gasteiger partial charge on any atom is -0.388 e. The summed E-state index contributed by atoms with van der Waals surface area (Å²) in [4.78, 5) is 0. The topological polar surface area (TPSA) is 20.2 Å². The molecule has 3 atom stereocenters. The number of hydrogen-bond donors (Lipinski definition) is 1. The molecule has 1 N–H and O–H groups in total. The molecule has 2 rings (SSSR count). The quantitative estimate of drug-likeness (QED) is 0.743. The number of aliphatic hydroxyl groups is 1. The van der Waals surface area contributed by atoms with Gasteiger partial charge in [0.25, 0.3) is 0 Å². The minimum absolute atomic E-state index is 0.332. The van der Waals surface area contributed by atoms with Crippen LogP contribution in [0, 0.1) is 11.8 Å². The Hall–Kier alpha value is 0.140. The van der Waals surface area contributed by atoms with Crippen molar-refractivity contribution in [1.29, 1.82) is 0 Å². The predicted molar refractivity (Wildman–Crippen MR) is 82.5 cm³/mol. The minimum atomic E-state index is -0.332. The van der Waals surface area contributed by atoms with Gasteiger partial charge in [-0.15, -0.1) is 0 Å². The van der Waals surface area contributed by atoms with Crippen molar-refractivity contribution in [3.63, 3.8) is 0 Å². The number of benzene rings is 1. The second kappa shape index (κ2) is 6.53. The van der Waals surface area contributed by atoms with Gasteiger partial charge in [-0.3, -0.25) is 0 Å². The third-order valence-electron chi connectivity index (χ3n) is 4.13. The summed E-state index contributed by atoms with van der Waals surface area (Å²) in [6.45, 7) is 2.26. The summed E-state index contributed by atoms with van der Waals surface area (Å²) in [5.74, 6) is 1.22. The van der Waals surface area contributed by atoms with E-state index >= 15 is 0 Å². The molecule has 0 spiro atoms. The highest BCUT2D eigenvalue weighted by Gasteiger charge is 2.28. The zero-order valence-electron chi connectivity index (χ0n) is 10.7. The molecule has 1 aromatic carbocycles. The van der Waals surface area contributed by atoms with Crippen molar-refractivity contribution in [3.05, 3.63) is 32.7 Å². The average Bonchev–Trinajstić information content (AvgIpc) is 2.38. The molecule has 18 heavy (non-hydrogen) atoms. The first-order valence-electron chi connectivity index (χ1n) is 6.74. The highest BCUT2D eigenvalue weighted by Crippen LogP contribution is 2.40. The van der Waals surface area contributed by atoms with Crippen LogP contribution in [-0.2, 0) is 0 Å². The van der Waals surface area contributed by atoms with Gasteiger partial charge in [0.15, 0.2) is 0 Å². The van der Waals surface area contributed by atoms with E-state index < -0.39 is 0 Å². The lowest BCUT2D eigenvalue weighted by Crippen LogP contribution is -2.21. The zero-order chi connectivity index (χ0) is 13.1. The van der Waals surface area contributed by atoms with Crippen molar-refractivity contribution in [2.24, 2.45) is 11.8 Å². The molecule has 3 unspecified atom stereocenters. The largest absolute Gasteiger partial charge is 0.388 e. The van der Waals surface area contributed by atoms with E-state index in [0.717, 1.165) is 26.8 Å². The van der Waals surface area contributed by atoms with Crippen LogP contribution >= 0.6 is 31.9 Å². The van der Waals surface area contributed by atoms with E-state index in [9.17, 15) is 5.11 Å². The summed E-state index contributed by atoms with van der Waals surface area (Å²) in [5, 5.41) is 10.6. The van der Waals surface area contributed by atoms with Crippen LogP contribution in [0.5, 0.6) is 0 Å². The molecule has 1 aromatic rings. The van der Waals surface area contributed by atoms with Gasteiger partial charge < -0.3 is 5.11 Å². The van der Waals surface area contributed by atoms with E-state index in [1.807, 2.05) is 18.2 Å². The van der Waals surface area contributed by atoms with Crippen molar-refractivity contribution >= 4 is 31.9 Å². The Morgan fingerprint density at radius 1 is 1.33 bits per heavy atom. The molecule has 0 bridgehead atoms. The van der Waals surface area contributed by atoms with Gasteiger partial charge in [0, 0.05) is 8.95 Å². The molecule has 3 heteroatoms. The SMILES string of the molecule is CCC1CCCC(C(O)c2ccc(Br)cc2Br)C1. The molecular formula is C15H20Br2O. The van der Waals surface area contributed by atoms with Crippen molar-refractivity contribution < 1.29 is 5.11 Å². The maximum Gasteiger partial charge on any atom is 0.0829 e. The van der Waals surface area contributed by atoms with Crippen LogP contribution in [0.3, 0.4) is 0 Å². The summed E-state index contributed by atoms with van der Waals surface area (Å²) in [6.07, 6.45) is 5.82. The van der Waals surface area contributed by atoms with E-state index in [1.165, 1.54) is 25.7 Å². The van der Waals surface area contributed by atoms with Gasteiger partial charge >= 0.3 is 0 Å². The number of halogens is 2. The normalized spacial score (nSPS) is 26.0. The van der Waals surface area contributed by atoms with Crippen molar-refractivity contribution in [3.8, 4) is 0 Å². The molecule has 100 valence electrons. The van der Waals surface area contributed by atoms with Gasteiger partial charge in [-0.25, -0.2) is 0 Å². The Bertz CT molecular complexity index is 405. The smallest absolute Gasteiger partial charge is 0.0829 e. The molecule has 0 amide bonds. The maximum atomic E-state index is 10.6. The van der Waals surface area contributed by atoms with Crippen LogP contribution in [0.1, 0.15) is 50.7 Å². The third kappa shape index (κ3) is 3.37. The standard InChI is InChI=1S/C15H20Br2O/c1-2-10-4-3-5-11(8-10)15(18)13-7-6-12(16)9-14(13)17/h6-7,9-11,15,18H,2-5,8H2,1H3. The lowest BCUT2D eigenvalue weighted by molar-refractivity contribution is 0.0673. The Morgan fingerprint density at radius 2 is 2.11 bits per heavy atom. The van der Waals surface area contributed by atoms with Crippen LogP contribution in [-0.4, -0.2) is 5.11 Å². The monoisotopic (exact) mass is 374 g/mol. The molecule has 1 fully saturated rings. The second-order valence-electron chi connectivity index (χ2n) is 5.31. The lowest BCUT2D eigenvalue weighted by atomic mass is 9.76. The first-order valence-corrected chi connectivity index (χ1v) is 8.33. The summed E-state index contributed by atoms with van der Waals surface area (Å²) < 4.78 is 2.04. The fourth-order valence-corrected chi connectivity index (χ4v) is 4.27. The average molecular weight is 376 g/mol. The number of hydrogen-bond acceptors (Lipinski definition) is 1. The van der Waals surface area contributed by atoms with Gasteiger partial charge in [-0.2, -0.15) is 0 Å². The van der Waals surface area contributed by atoms with Crippen LogP contribution in [0.2, 0.25) is 0 Å². The summed E-state index contributed by atoms with van der Waals surface area (Å²) >= 11 is 7.01. The molecule has 0 aromatic heterocycles. The number of rotatable bonds is 3. The Balaban J connectivity index is 2.12. The van der Waals surface area contributed by atoms with Crippen molar-refractivity contribution in [1.82, 2.24) is 0 Å². The molecular weight excluding hydrogens is 356 g/mol. The first-order chi connectivity index (χ1) is 8.61. The number of aliphatic hydroxyl groups excluding tert-OH is 1. The fraction of sp³-hybridized carbons (Fsp3) is 0.600.